The first-order valence-electron chi connectivity index (χ1n) is 17.0. The molecule has 6 heteroatoms. The molecule has 9 rings (SSSR count). The summed E-state index contributed by atoms with van der Waals surface area (Å²) in [4.78, 5) is 10.9. The number of hydrogen-bond donors (Lipinski definition) is 1. The van der Waals surface area contributed by atoms with Crippen LogP contribution in [-0.2, 0) is 9.31 Å². The molecule has 3 heterocycles. The van der Waals surface area contributed by atoms with Crippen molar-refractivity contribution in [3.05, 3.63) is 145 Å². The highest BCUT2D eigenvalue weighted by Gasteiger charge is 2.53. The normalized spacial score (nSPS) is 18.0. The van der Waals surface area contributed by atoms with Crippen LogP contribution in [-0.4, -0.2) is 29.0 Å². The van der Waals surface area contributed by atoms with Crippen LogP contribution in [0.3, 0.4) is 0 Å². The van der Waals surface area contributed by atoms with Crippen LogP contribution >= 0.6 is 0 Å². The Balaban J connectivity index is 1.40. The van der Waals surface area contributed by atoms with E-state index >= 15 is 0 Å². The maximum Gasteiger partial charge on any atom is 0.497 e. The summed E-state index contributed by atoms with van der Waals surface area (Å²) in [7, 11) is -0.630. The van der Waals surface area contributed by atoms with E-state index < -0.39 is 18.3 Å². The van der Waals surface area contributed by atoms with Crippen molar-refractivity contribution in [2.75, 3.05) is 5.32 Å². The van der Waals surface area contributed by atoms with E-state index in [-0.39, 0.29) is 6.04 Å². The molecule has 2 aliphatic rings. The summed E-state index contributed by atoms with van der Waals surface area (Å²) >= 11 is 0. The predicted molar refractivity (Wildman–Crippen MR) is 203 cm³/mol. The van der Waals surface area contributed by atoms with Gasteiger partial charge in [-0.1, -0.05) is 121 Å². The zero-order valence-electron chi connectivity index (χ0n) is 28.1. The Kier molecular flexibility index (Phi) is 6.77. The fraction of sp³-hybridized carbons (Fsp3) is 0.163. The first-order valence-corrected chi connectivity index (χ1v) is 17.0. The number of nitrogens with one attached hydrogen (secondary N) is 1. The SMILES string of the molecule is CC1(C)OB(c2cc3c(-c4ccc5ccccc5c4)nc4ccccc4c3c3c2N=C(c2ccccc2)C(c2ccccc2)N3)OC1(C)C. The molecule has 0 saturated carbocycles. The smallest absolute Gasteiger partial charge is 0.399 e. The van der Waals surface area contributed by atoms with Crippen molar-refractivity contribution in [2.45, 2.75) is 44.9 Å². The molecule has 238 valence electrons. The van der Waals surface area contributed by atoms with Gasteiger partial charge in [0.15, 0.2) is 0 Å². The predicted octanol–water partition coefficient (Wildman–Crippen LogP) is 9.79. The lowest BCUT2D eigenvalue weighted by Gasteiger charge is -2.32. The van der Waals surface area contributed by atoms with Crippen LogP contribution in [0.15, 0.2) is 138 Å². The second kappa shape index (κ2) is 11.1. The van der Waals surface area contributed by atoms with Crippen molar-refractivity contribution in [3.63, 3.8) is 0 Å². The minimum Gasteiger partial charge on any atom is -0.399 e. The molecule has 1 aromatic heterocycles. The van der Waals surface area contributed by atoms with Crippen molar-refractivity contribution in [1.82, 2.24) is 4.98 Å². The number of pyridine rings is 1. The molecule has 2 aliphatic heterocycles. The molecule has 1 atom stereocenters. The van der Waals surface area contributed by atoms with E-state index in [0.717, 1.165) is 66.6 Å². The summed E-state index contributed by atoms with van der Waals surface area (Å²) in [5.74, 6) is 0. The van der Waals surface area contributed by atoms with Crippen molar-refractivity contribution in [3.8, 4) is 11.3 Å². The molecule has 6 aromatic carbocycles. The number of anilines is 1. The van der Waals surface area contributed by atoms with Crippen LogP contribution in [0.25, 0.3) is 43.7 Å². The zero-order valence-corrected chi connectivity index (χ0v) is 28.1. The first-order chi connectivity index (χ1) is 23.8. The summed E-state index contributed by atoms with van der Waals surface area (Å²) in [5, 5.41) is 9.58. The van der Waals surface area contributed by atoms with E-state index in [0.29, 0.717) is 0 Å². The number of hydrogen-bond acceptors (Lipinski definition) is 5. The van der Waals surface area contributed by atoms with E-state index in [4.69, 9.17) is 19.3 Å². The van der Waals surface area contributed by atoms with Gasteiger partial charge in [-0.25, -0.2) is 9.98 Å². The minimum absolute atomic E-state index is 0.191. The van der Waals surface area contributed by atoms with Crippen LogP contribution in [0, 0.1) is 0 Å². The van der Waals surface area contributed by atoms with Gasteiger partial charge in [0, 0.05) is 27.2 Å². The number of para-hydroxylation sites is 1. The van der Waals surface area contributed by atoms with Gasteiger partial charge in [0.25, 0.3) is 0 Å². The molecule has 1 fully saturated rings. The van der Waals surface area contributed by atoms with Crippen LogP contribution in [0.4, 0.5) is 11.4 Å². The standard InChI is InChI=1S/C43H36BN3O2/c1-42(2)43(3,4)49-44(48-42)34-26-33-36(32-21-13-14-22-35(32)45-37(33)31-24-23-27-15-11-12-20-30(27)25-31)41-40(34)46-38(28-16-7-5-8-17-28)39(47-41)29-18-9-6-10-19-29/h5-26,39,47H,1-4H3. The van der Waals surface area contributed by atoms with Gasteiger partial charge in [-0.3, -0.25) is 0 Å². The Labute approximate surface area is 286 Å². The zero-order chi connectivity index (χ0) is 33.3. The Morgan fingerprint density at radius 3 is 2.04 bits per heavy atom. The molecule has 0 bridgehead atoms. The number of rotatable bonds is 4. The molecule has 1 N–H and O–H groups in total. The second-order valence-electron chi connectivity index (χ2n) is 14.1. The summed E-state index contributed by atoms with van der Waals surface area (Å²) in [6.07, 6.45) is 0. The number of fused-ring (bicyclic) bond motifs is 6. The van der Waals surface area contributed by atoms with Crippen LogP contribution in [0.1, 0.15) is 44.9 Å². The average molecular weight is 638 g/mol. The third-order valence-corrected chi connectivity index (χ3v) is 10.5. The lowest BCUT2D eigenvalue weighted by molar-refractivity contribution is 0.00578. The Bertz CT molecular complexity index is 2420. The molecule has 5 nitrogen and oxygen atoms in total. The highest BCUT2D eigenvalue weighted by atomic mass is 16.7. The van der Waals surface area contributed by atoms with Crippen LogP contribution in [0.5, 0.6) is 0 Å². The lowest BCUT2D eigenvalue weighted by Crippen LogP contribution is -2.41. The Morgan fingerprint density at radius 2 is 1.29 bits per heavy atom. The van der Waals surface area contributed by atoms with Crippen LogP contribution in [0.2, 0.25) is 0 Å². The van der Waals surface area contributed by atoms with Crippen molar-refractivity contribution in [1.29, 1.82) is 0 Å². The summed E-state index contributed by atoms with van der Waals surface area (Å²) in [6.45, 7) is 8.38. The van der Waals surface area contributed by atoms with E-state index in [1.165, 1.54) is 10.8 Å². The Hall–Kier alpha value is -5.30. The summed E-state index contributed by atoms with van der Waals surface area (Å²) in [6, 6.07) is 46.5. The van der Waals surface area contributed by atoms with Gasteiger partial charge in [0.1, 0.15) is 0 Å². The van der Waals surface area contributed by atoms with Gasteiger partial charge >= 0.3 is 7.12 Å². The number of benzene rings is 6. The molecular formula is C43H36BN3O2. The fourth-order valence-corrected chi connectivity index (χ4v) is 7.22. The van der Waals surface area contributed by atoms with Crippen LogP contribution < -0.4 is 10.8 Å². The van der Waals surface area contributed by atoms with Crippen molar-refractivity contribution < 1.29 is 9.31 Å². The van der Waals surface area contributed by atoms with Gasteiger partial charge in [-0.15, -0.1) is 0 Å². The quantitative estimate of drug-likeness (QED) is 0.154. The molecule has 49 heavy (non-hydrogen) atoms. The molecule has 1 saturated heterocycles. The molecule has 1 unspecified atom stereocenters. The highest BCUT2D eigenvalue weighted by Crippen LogP contribution is 2.47. The molecule has 0 spiro atoms. The number of aliphatic imine (C=N–C) groups is 1. The summed E-state index contributed by atoms with van der Waals surface area (Å²) in [5.41, 5.74) is 7.66. The van der Waals surface area contributed by atoms with Gasteiger partial charge in [-0.05, 0) is 61.7 Å². The van der Waals surface area contributed by atoms with E-state index in [1.807, 2.05) is 6.07 Å². The Morgan fingerprint density at radius 1 is 0.633 bits per heavy atom. The summed E-state index contributed by atoms with van der Waals surface area (Å²) < 4.78 is 13.5. The second-order valence-corrected chi connectivity index (χ2v) is 14.1. The average Bonchev–Trinajstić information content (AvgIpc) is 3.36. The van der Waals surface area contributed by atoms with Gasteiger partial charge in [0.05, 0.1) is 45.5 Å². The maximum atomic E-state index is 6.77. The third kappa shape index (κ3) is 4.86. The number of aromatic nitrogens is 1. The topological polar surface area (TPSA) is 55.7 Å². The van der Waals surface area contributed by atoms with E-state index in [9.17, 15) is 0 Å². The lowest BCUT2D eigenvalue weighted by atomic mass is 9.75. The molecule has 0 amide bonds. The fourth-order valence-electron chi connectivity index (χ4n) is 7.22. The van der Waals surface area contributed by atoms with E-state index in [1.54, 1.807) is 0 Å². The van der Waals surface area contributed by atoms with Crippen molar-refractivity contribution >= 4 is 62.1 Å². The third-order valence-electron chi connectivity index (χ3n) is 10.5. The van der Waals surface area contributed by atoms with Gasteiger partial charge in [-0.2, -0.15) is 0 Å². The van der Waals surface area contributed by atoms with E-state index in [2.05, 4.69) is 160 Å². The maximum absolute atomic E-state index is 6.77. The molecule has 0 radical (unpaired) electrons. The monoisotopic (exact) mass is 637 g/mol. The largest absolute Gasteiger partial charge is 0.497 e. The van der Waals surface area contributed by atoms with Gasteiger partial charge in [0.2, 0.25) is 0 Å². The molecule has 0 aliphatic carbocycles. The number of nitrogens with zero attached hydrogens (tertiary/aromatic N) is 2. The molecule has 7 aromatic rings. The highest BCUT2D eigenvalue weighted by molar-refractivity contribution is 6.65. The minimum atomic E-state index is -0.630. The first kappa shape index (κ1) is 29.8. The van der Waals surface area contributed by atoms with Gasteiger partial charge < -0.3 is 14.6 Å². The molecular weight excluding hydrogens is 601 g/mol. The van der Waals surface area contributed by atoms with Crippen molar-refractivity contribution in [2.24, 2.45) is 4.99 Å².